The van der Waals surface area contributed by atoms with Crippen LogP contribution in [0.4, 0.5) is 5.69 Å². The van der Waals surface area contributed by atoms with Crippen LogP contribution in [0.1, 0.15) is 37.4 Å². The number of anilines is 1. The lowest BCUT2D eigenvalue weighted by molar-refractivity contribution is 0.641. The average Bonchev–Trinajstić information content (AvgIpc) is 3.15. The van der Waals surface area contributed by atoms with Crippen molar-refractivity contribution in [1.82, 2.24) is 19.8 Å². The average molecular weight is 285 g/mol. The van der Waals surface area contributed by atoms with Crippen LogP contribution in [0, 0.1) is 0 Å². The Morgan fingerprint density at radius 2 is 1.85 bits per heavy atom. The molecule has 102 valence electrons. The summed E-state index contributed by atoms with van der Waals surface area (Å²) in [5.41, 5.74) is 7.57. The van der Waals surface area contributed by atoms with Gasteiger partial charge >= 0.3 is 0 Å². The second-order valence-electron chi connectivity index (χ2n) is 5.26. The van der Waals surface area contributed by atoms with Crippen molar-refractivity contribution < 1.29 is 0 Å². The van der Waals surface area contributed by atoms with E-state index in [9.17, 15) is 0 Å². The van der Waals surface area contributed by atoms with Gasteiger partial charge in [-0.2, -0.15) is 9.61 Å². The topological polar surface area (TPSA) is 69.1 Å². The molecule has 0 aliphatic heterocycles. The molecule has 6 heteroatoms. The Kier molecular flexibility index (Phi) is 2.70. The van der Waals surface area contributed by atoms with Crippen LogP contribution in [0.3, 0.4) is 0 Å². The van der Waals surface area contributed by atoms with E-state index in [2.05, 4.69) is 15.3 Å². The molecule has 1 fully saturated rings. The Morgan fingerprint density at radius 1 is 1.10 bits per heavy atom. The van der Waals surface area contributed by atoms with Crippen molar-refractivity contribution in [2.75, 3.05) is 5.73 Å². The molecule has 2 aromatic heterocycles. The molecule has 20 heavy (non-hydrogen) atoms. The molecule has 1 aliphatic rings. The Balaban J connectivity index is 1.77. The van der Waals surface area contributed by atoms with Crippen LogP contribution in [0.2, 0.25) is 0 Å². The molecular formula is C14H15N5S. The van der Waals surface area contributed by atoms with Crippen molar-refractivity contribution in [1.29, 1.82) is 0 Å². The number of hydrogen-bond donors (Lipinski definition) is 1. The Labute approximate surface area is 120 Å². The summed E-state index contributed by atoms with van der Waals surface area (Å²) >= 11 is 1.57. The van der Waals surface area contributed by atoms with Crippen LogP contribution in [-0.2, 0) is 0 Å². The van der Waals surface area contributed by atoms with Crippen LogP contribution >= 0.6 is 11.3 Å². The fourth-order valence-corrected chi connectivity index (χ4v) is 3.66. The summed E-state index contributed by atoms with van der Waals surface area (Å²) in [6, 6.07) is 7.79. The van der Waals surface area contributed by atoms with E-state index >= 15 is 0 Å². The monoisotopic (exact) mass is 285 g/mol. The van der Waals surface area contributed by atoms with Crippen molar-refractivity contribution in [2.45, 2.75) is 31.6 Å². The summed E-state index contributed by atoms with van der Waals surface area (Å²) in [5.74, 6) is 1.54. The molecule has 3 aromatic rings. The molecule has 0 spiro atoms. The molecular weight excluding hydrogens is 270 g/mol. The number of nitrogens with zero attached hydrogens (tertiary/aromatic N) is 4. The van der Waals surface area contributed by atoms with E-state index in [0.29, 0.717) is 5.92 Å². The van der Waals surface area contributed by atoms with E-state index in [4.69, 9.17) is 5.73 Å². The highest BCUT2D eigenvalue weighted by Gasteiger charge is 2.24. The van der Waals surface area contributed by atoms with Gasteiger partial charge < -0.3 is 5.73 Å². The Hall–Kier alpha value is -1.95. The molecule has 1 saturated carbocycles. The fraction of sp³-hybridized carbons (Fsp3) is 0.357. The number of fused-ring (bicyclic) bond motifs is 1. The lowest BCUT2D eigenvalue weighted by atomic mass is 10.1. The zero-order valence-corrected chi connectivity index (χ0v) is 11.8. The molecule has 5 nitrogen and oxygen atoms in total. The standard InChI is InChI=1S/C14H15N5S/c15-11-7-5-10(6-8-11)13-18-19-12(9-3-1-2-4-9)16-17-14(19)20-13/h5-9H,1-4,15H2. The van der Waals surface area contributed by atoms with E-state index in [1.165, 1.54) is 25.7 Å². The van der Waals surface area contributed by atoms with Gasteiger partial charge in [-0.1, -0.05) is 24.2 Å². The molecule has 4 rings (SSSR count). The maximum Gasteiger partial charge on any atom is 0.234 e. The first-order chi connectivity index (χ1) is 9.81. The third kappa shape index (κ3) is 1.87. The lowest BCUT2D eigenvalue weighted by Gasteiger charge is -2.03. The van der Waals surface area contributed by atoms with E-state index in [1.807, 2.05) is 28.8 Å². The molecule has 2 N–H and O–H groups in total. The molecule has 1 aromatic carbocycles. The summed E-state index contributed by atoms with van der Waals surface area (Å²) < 4.78 is 1.92. The molecule has 1 aliphatic carbocycles. The summed E-state index contributed by atoms with van der Waals surface area (Å²) in [6.45, 7) is 0. The molecule has 2 heterocycles. The number of hydrogen-bond acceptors (Lipinski definition) is 5. The van der Waals surface area contributed by atoms with Gasteiger partial charge in [0.1, 0.15) is 5.01 Å². The number of nitrogens with two attached hydrogens (primary N) is 1. The summed E-state index contributed by atoms with van der Waals surface area (Å²) in [4.78, 5) is 0.874. The van der Waals surface area contributed by atoms with E-state index in [0.717, 1.165) is 27.0 Å². The zero-order valence-electron chi connectivity index (χ0n) is 11.0. The van der Waals surface area contributed by atoms with Gasteiger partial charge in [0, 0.05) is 17.2 Å². The van der Waals surface area contributed by atoms with Gasteiger partial charge in [0.15, 0.2) is 5.82 Å². The van der Waals surface area contributed by atoms with Gasteiger partial charge in [-0.05, 0) is 37.1 Å². The van der Waals surface area contributed by atoms with Gasteiger partial charge in [-0.25, -0.2) is 0 Å². The SMILES string of the molecule is Nc1ccc(-c2nn3c(C4CCCC4)nnc3s2)cc1. The number of nitrogen functional groups attached to an aromatic ring is 1. The highest BCUT2D eigenvalue weighted by atomic mass is 32.1. The van der Waals surface area contributed by atoms with Gasteiger partial charge in [0.25, 0.3) is 0 Å². The largest absolute Gasteiger partial charge is 0.399 e. The third-order valence-corrected chi connectivity index (χ3v) is 4.84. The van der Waals surface area contributed by atoms with Gasteiger partial charge in [-0.3, -0.25) is 0 Å². The molecule has 0 atom stereocenters. The predicted molar refractivity (Wildman–Crippen MR) is 79.7 cm³/mol. The Bertz CT molecular complexity index is 737. The minimum absolute atomic E-state index is 0.520. The van der Waals surface area contributed by atoms with Crippen molar-refractivity contribution >= 4 is 22.0 Å². The van der Waals surface area contributed by atoms with Crippen molar-refractivity contribution in [2.24, 2.45) is 0 Å². The van der Waals surface area contributed by atoms with Crippen LogP contribution in [0.25, 0.3) is 15.5 Å². The van der Waals surface area contributed by atoms with Crippen LogP contribution < -0.4 is 5.73 Å². The molecule has 0 bridgehead atoms. The van der Waals surface area contributed by atoms with Crippen molar-refractivity contribution in [3.63, 3.8) is 0 Å². The van der Waals surface area contributed by atoms with Crippen molar-refractivity contribution in [3.05, 3.63) is 30.1 Å². The first-order valence-corrected chi connectivity index (χ1v) is 7.71. The first kappa shape index (κ1) is 11.8. The summed E-state index contributed by atoms with van der Waals surface area (Å²) in [5, 5.41) is 14.3. The van der Waals surface area contributed by atoms with Crippen LogP contribution in [0.15, 0.2) is 24.3 Å². The summed E-state index contributed by atoms with van der Waals surface area (Å²) in [6.07, 6.45) is 4.98. The first-order valence-electron chi connectivity index (χ1n) is 6.89. The summed E-state index contributed by atoms with van der Waals surface area (Å²) in [7, 11) is 0. The van der Waals surface area contributed by atoms with Crippen molar-refractivity contribution in [3.8, 4) is 10.6 Å². The molecule has 0 saturated heterocycles. The molecule has 0 radical (unpaired) electrons. The van der Waals surface area contributed by atoms with Gasteiger partial charge in [-0.15, -0.1) is 10.2 Å². The van der Waals surface area contributed by atoms with Crippen LogP contribution in [-0.4, -0.2) is 19.8 Å². The molecule has 0 unspecified atom stereocenters. The molecule has 0 amide bonds. The number of aromatic nitrogens is 4. The highest BCUT2D eigenvalue weighted by molar-refractivity contribution is 7.19. The van der Waals surface area contributed by atoms with E-state index in [1.54, 1.807) is 11.3 Å². The van der Waals surface area contributed by atoms with Crippen LogP contribution in [0.5, 0.6) is 0 Å². The highest BCUT2D eigenvalue weighted by Crippen LogP contribution is 2.34. The van der Waals surface area contributed by atoms with Gasteiger partial charge in [0.05, 0.1) is 0 Å². The second kappa shape index (κ2) is 4.56. The third-order valence-electron chi connectivity index (χ3n) is 3.89. The fourth-order valence-electron chi connectivity index (χ4n) is 2.81. The number of benzene rings is 1. The smallest absolute Gasteiger partial charge is 0.234 e. The maximum absolute atomic E-state index is 5.72. The lowest BCUT2D eigenvalue weighted by Crippen LogP contribution is -2.01. The van der Waals surface area contributed by atoms with E-state index in [-0.39, 0.29) is 0 Å². The maximum atomic E-state index is 5.72. The number of rotatable bonds is 2. The second-order valence-corrected chi connectivity index (χ2v) is 6.22. The zero-order chi connectivity index (χ0) is 13.5. The normalized spacial score (nSPS) is 16.2. The van der Waals surface area contributed by atoms with E-state index < -0.39 is 0 Å². The predicted octanol–water partition coefficient (Wildman–Crippen LogP) is 3.09. The minimum Gasteiger partial charge on any atom is -0.399 e. The minimum atomic E-state index is 0.520. The van der Waals surface area contributed by atoms with Gasteiger partial charge in [0.2, 0.25) is 4.96 Å². The Morgan fingerprint density at radius 3 is 2.60 bits per heavy atom. The quantitative estimate of drug-likeness (QED) is 0.735.